The van der Waals surface area contributed by atoms with E-state index in [9.17, 15) is 4.79 Å². The Bertz CT molecular complexity index is 675. The van der Waals surface area contributed by atoms with Crippen LogP contribution in [-0.2, 0) is 0 Å². The summed E-state index contributed by atoms with van der Waals surface area (Å²) in [4.78, 5) is 18.3. The second-order valence-corrected chi connectivity index (χ2v) is 5.37. The third kappa shape index (κ3) is 2.86. The van der Waals surface area contributed by atoms with Crippen molar-refractivity contribution >= 4 is 44.7 Å². The molecule has 0 aliphatic rings. The minimum atomic E-state index is -0.235. The Morgan fingerprint density at radius 1 is 1.30 bits per heavy atom. The molecule has 0 unspecified atom stereocenters. The Labute approximate surface area is 130 Å². The maximum atomic E-state index is 12.5. The summed E-state index contributed by atoms with van der Waals surface area (Å²) < 4.78 is 0.643. The predicted octanol–water partition coefficient (Wildman–Crippen LogP) is 2.75. The Hall–Kier alpha value is -1.79. The predicted molar refractivity (Wildman–Crippen MR) is 87.0 cm³/mol. The number of carbonyl (C=O) groups is 1. The number of thiocarbonyl (C=S) groups is 1. The fourth-order valence-electron chi connectivity index (χ4n) is 1.79. The van der Waals surface area contributed by atoms with Crippen LogP contribution < -0.4 is 10.6 Å². The minimum absolute atomic E-state index is 0.235. The van der Waals surface area contributed by atoms with Gasteiger partial charge in [0.25, 0.3) is 5.91 Å². The van der Waals surface area contributed by atoms with Crippen LogP contribution in [0, 0.1) is 0 Å². The van der Waals surface area contributed by atoms with E-state index in [2.05, 4.69) is 20.9 Å². The lowest BCUT2D eigenvalue weighted by atomic mass is 10.1. The molecule has 0 saturated heterocycles. The molecule has 0 atom stereocenters. The highest BCUT2D eigenvalue weighted by Crippen LogP contribution is 2.22. The van der Waals surface area contributed by atoms with Gasteiger partial charge in [-0.15, -0.1) is 0 Å². The van der Waals surface area contributed by atoms with E-state index in [4.69, 9.17) is 18.0 Å². The molecule has 2 N–H and O–H groups in total. The van der Waals surface area contributed by atoms with E-state index in [1.807, 2.05) is 12.1 Å². The molecule has 1 amide bonds. The second-order valence-electron chi connectivity index (χ2n) is 4.08. The summed E-state index contributed by atoms with van der Waals surface area (Å²) in [5, 5.41) is 0. The van der Waals surface area contributed by atoms with Crippen molar-refractivity contribution in [3.05, 3.63) is 58.3 Å². The lowest BCUT2D eigenvalue weighted by Gasteiger charge is -2.20. The van der Waals surface area contributed by atoms with E-state index in [0.29, 0.717) is 21.4 Å². The van der Waals surface area contributed by atoms with Crippen molar-refractivity contribution in [2.24, 2.45) is 5.73 Å². The van der Waals surface area contributed by atoms with E-state index >= 15 is 0 Å². The molecule has 6 heteroatoms. The average molecular weight is 350 g/mol. The quantitative estimate of drug-likeness (QED) is 0.865. The van der Waals surface area contributed by atoms with Crippen molar-refractivity contribution in [1.82, 2.24) is 4.98 Å². The van der Waals surface area contributed by atoms with E-state index in [-0.39, 0.29) is 10.9 Å². The maximum Gasteiger partial charge on any atom is 0.277 e. The monoisotopic (exact) mass is 349 g/mol. The van der Waals surface area contributed by atoms with Crippen molar-refractivity contribution in [3.63, 3.8) is 0 Å². The summed E-state index contributed by atoms with van der Waals surface area (Å²) in [5.41, 5.74) is 7.34. The number of nitrogens with zero attached hydrogens (tertiary/aromatic N) is 2. The van der Waals surface area contributed by atoms with Crippen LogP contribution in [0.4, 0.5) is 5.69 Å². The zero-order valence-corrected chi connectivity index (χ0v) is 13.1. The van der Waals surface area contributed by atoms with Gasteiger partial charge in [-0.1, -0.05) is 24.4 Å². The summed E-state index contributed by atoms with van der Waals surface area (Å²) in [6.45, 7) is 0. The molecule has 0 radical (unpaired) electrons. The van der Waals surface area contributed by atoms with Crippen LogP contribution in [0.5, 0.6) is 0 Å². The normalized spacial score (nSPS) is 10.1. The van der Waals surface area contributed by atoms with Gasteiger partial charge in [-0.05, 0) is 40.2 Å². The van der Waals surface area contributed by atoms with Crippen molar-refractivity contribution in [3.8, 4) is 0 Å². The van der Waals surface area contributed by atoms with Gasteiger partial charge in [0.2, 0.25) is 0 Å². The number of pyridine rings is 1. The summed E-state index contributed by atoms with van der Waals surface area (Å²) in [6.07, 6.45) is 1.57. The molecule has 20 heavy (non-hydrogen) atoms. The van der Waals surface area contributed by atoms with Crippen molar-refractivity contribution in [2.75, 3.05) is 11.9 Å². The number of rotatable bonds is 3. The van der Waals surface area contributed by atoms with E-state index < -0.39 is 0 Å². The van der Waals surface area contributed by atoms with Gasteiger partial charge >= 0.3 is 0 Å². The molecule has 0 bridgehead atoms. The van der Waals surface area contributed by atoms with Gasteiger partial charge < -0.3 is 10.6 Å². The fourth-order valence-corrected chi connectivity index (χ4v) is 2.38. The highest BCUT2D eigenvalue weighted by Gasteiger charge is 2.20. The first-order valence-corrected chi connectivity index (χ1v) is 7.00. The number of halogens is 1. The van der Waals surface area contributed by atoms with Crippen LogP contribution in [-0.4, -0.2) is 22.9 Å². The molecule has 0 aliphatic carbocycles. The van der Waals surface area contributed by atoms with Gasteiger partial charge in [0.15, 0.2) is 0 Å². The molecule has 0 saturated carbocycles. The SMILES string of the molecule is CN(C(=O)c1ncccc1Br)c1ccccc1C(N)=S. The second kappa shape index (κ2) is 6.11. The van der Waals surface area contributed by atoms with Gasteiger partial charge in [0.1, 0.15) is 10.7 Å². The lowest BCUT2D eigenvalue weighted by molar-refractivity contribution is 0.0987. The number of anilines is 1. The lowest BCUT2D eigenvalue weighted by Crippen LogP contribution is -2.29. The summed E-state index contributed by atoms with van der Waals surface area (Å²) in [5.74, 6) is -0.235. The van der Waals surface area contributed by atoms with Gasteiger partial charge in [0, 0.05) is 23.3 Å². The molecular weight excluding hydrogens is 338 g/mol. The van der Waals surface area contributed by atoms with E-state index in [1.54, 1.807) is 37.5 Å². The smallest absolute Gasteiger partial charge is 0.277 e. The van der Waals surface area contributed by atoms with Crippen LogP contribution in [0.1, 0.15) is 16.1 Å². The van der Waals surface area contributed by atoms with Crippen molar-refractivity contribution in [2.45, 2.75) is 0 Å². The summed E-state index contributed by atoms with van der Waals surface area (Å²) >= 11 is 8.34. The molecule has 1 aromatic heterocycles. The zero-order chi connectivity index (χ0) is 14.7. The molecule has 102 valence electrons. The van der Waals surface area contributed by atoms with Crippen LogP contribution in [0.2, 0.25) is 0 Å². The van der Waals surface area contributed by atoms with Crippen LogP contribution >= 0.6 is 28.1 Å². The third-order valence-electron chi connectivity index (χ3n) is 2.80. The highest BCUT2D eigenvalue weighted by molar-refractivity contribution is 9.10. The average Bonchev–Trinajstić information content (AvgIpc) is 2.46. The van der Waals surface area contributed by atoms with Gasteiger partial charge in [-0.2, -0.15) is 0 Å². The molecule has 0 aliphatic heterocycles. The maximum absolute atomic E-state index is 12.5. The van der Waals surface area contributed by atoms with Crippen LogP contribution in [0.15, 0.2) is 47.1 Å². The minimum Gasteiger partial charge on any atom is -0.389 e. The largest absolute Gasteiger partial charge is 0.389 e. The molecule has 0 fully saturated rings. The number of nitrogens with two attached hydrogens (primary N) is 1. The van der Waals surface area contributed by atoms with Gasteiger partial charge in [-0.3, -0.25) is 4.79 Å². The topological polar surface area (TPSA) is 59.2 Å². The number of para-hydroxylation sites is 1. The summed E-state index contributed by atoms with van der Waals surface area (Å²) in [7, 11) is 1.67. The third-order valence-corrected chi connectivity index (χ3v) is 3.66. The molecule has 0 spiro atoms. The molecular formula is C14H12BrN3OS. The first-order chi connectivity index (χ1) is 9.52. The van der Waals surface area contributed by atoms with Gasteiger partial charge in [0.05, 0.1) is 5.69 Å². The van der Waals surface area contributed by atoms with Gasteiger partial charge in [-0.25, -0.2) is 4.98 Å². The Kier molecular flexibility index (Phi) is 4.46. The van der Waals surface area contributed by atoms with Crippen LogP contribution in [0.3, 0.4) is 0 Å². The molecule has 4 nitrogen and oxygen atoms in total. The zero-order valence-electron chi connectivity index (χ0n) is 10.7. The number of hydrogen-bond acceptors (Lipinski definition) is 3. The van der Waals surface area contributed by atoms with Crippen molar-refractivity contribution < 1.29 is 4.79 Å². The number of hydrogen-bond donors (Lipinski definition) is 1. The molecule has 2 rings (SSSR count). The fraction of sp³-hybridized carbons (Fsp3) is 0.0714. The Balaban J connectivity index is 2.42. The van der Waals surface area contributed by atoms with Crippen LogP contribution in [0.25, 0.3) is 0 Å². The van der Waals surface area contributed by atoms with Crippen molar-refractivity contribution in [1.29, 1.82) is 0 Å². The molecule has 1 heterocycles. The summed E-state index contributed by atoms with van der Waals surface area (Å²) in [6, 6.07) is 10.8. The first kappa shape index (κ1) is 14.6. The number of aromatic nitrogens is 1. The number of amides is 1. The van der Waals surface area contributed by atoms with E-state index in [0.717, 1.165) is 0 Å². The standard InChI is InChI=1S/C14H12BrN3OS/c1-18(11-7-3-2-5-9(11)13(16)20)14(19)12-10(15)6-4-8-17-12/h2-8H,1H3,(H2,16,20). The highest BCUT2D eigenvalue weighted by atomic mass is 79.9. The number of carbonyl (C=O) groups excluding carboxylic acids is 1. The number of benzene rings is 1. The van der Waals surface area contributed by atoms with E-state index in [1.165, 1.54) is 4.90 Å². The molecule has 2 aromatic rings. The molecule has 1 aromatic carbocycles. The Morgan fingerprint density at radius 2 is 2.00 bits per heavy atom. The first-order valence-electron chi connectivity index (χ1n) is 5.79. The Morgan fingerprint density at radius 3 is 2.65 bits per heavy atom.